The van der Waals surface area contributed by atoms with Gasteiger partial charge in [0.15, 0.2) is 0 Å². The molecule has 1 aliphatic heterocycles. The molecule has 2 rings (SSSR count). The molecule has 2 nitrogen and oxygen atoms in total. The van der Waals surface area contributed by atoms with Crippen molar-refractivity contribution in [1.82, 2.24) is 0 Å². The standard InChI is InChI=1S/C8H15NOS.C2H4/c9-7-6-11-8(10-7)4-2-1-3-5-8;1-2/h7H,1-6,9H2;1-2H2. The van der Waals surface area contributed by atoms with Gasteiger partial charge in [0.25, 0.3) is 0 Å². The molecule has 0 bridgehead atoms. The average molecular weight is 201 g/mol. The molecule has 0 amide bonds. The molecule has 1 aliphatic carbocycles. The summed E-state index contributed by atoms with van der Waals surface area (Å²) in [5, 5.41) is 0. The fourth-order valence-corrected chi connectivity index (χ4v) is 3.24. The Morgan fingerprint density at radius 3 is 2.31 bits per heavy atom. The van der Waals surface area contributed by atoms with Crippen LogP contribution in [0.25, 0.3) is 0 Å². The molecule has 2 fully saturated rings. The Hall–Kier alpha value is 0.01000. The van der Waals surface area contributed by atoms with Crippen LogP contribution >= 0.6 is 11.8 Å². The number of ether oxygens (including phenoxy) is 1. The van der Waals surface area contributed by atoms with Crippen molar-refractivity contribution >= 4 is 11.8 Å². The summed E-state index contributed by atoms with van der Waals surface area (Å²) < 4.78 is 5.73. The number of nitrogens with two attached hydrogens (primary N) is 1. The van der Waals surface area contributed by atoms with E-state index >= 15 is 0 Å². The Morgan fingerprint density at radius 2 is 1.85 bits per heavy atom. The quantitative estimate of drug-likeness (QED) is 0.612. The molecule has 1 atom stereocenters. The van der Waals surface area contributed by atoms with Gasteiger partial charge in [-0.2, -0.15) is 0 Å². The third-order valence-corrected chi connectivity index (χ3v) is 4.02. The predicted octanol–water partition coefficient (Wildman–Crippen LogP) is 2.50. The molecule has 13 heavy (non-hydrogen) atoms. The highest BCUT2D eigenvalue weighted by Crippen LogP contribution is 2.45. The minimum atomic E-state index is -0.00176. The van der Waals surface area contributed by atoms with Crippen molar-refractivity contribution in [1.29, 1.82) is 0 Å². The molecule has 1 saturated heterocycles. The molecular formula is C10H19NOS. The molecule has 1 heterocycles. The van der Waals surface area contributed by atoms with Crippen LogP contribution in [0.3, 0.4) is 0 Å². The molecule has 0 radical (unpaired) electrons. The number of hydrogen-bond acceptors (Lipinski definition) is 3. The Morgan fingerprint density at radius 1 is 1.23 bits per heavy atom. The maximum Gasteiger partial charge on any atom is 0.116 e. The van der Waals surface area contributed by atoms with Gasteiger partial charge in [0.1, 0.15) is 11.2 Å². The highest BCUT2D eigenvalue weighted by molar-refractivity contribution is 8.00. The van der Waals surface area contributed by atoms with E-state index in [1.807, 2.05) is 11.8 Å². The van der Waals surface area contributed by atoms with Crippen LogP contribution < -0.4 is 5.73 Å². The van der Waals surface area contributed by atoms with Gasteiger partial charge in [0, 0.05) is 5.75 Å². The van der Waals surface area contributed by atoms with Crippen molar-refractivity contribution in [3.8, 4) is 0 Å². The zero-order valence-electron chi connectivity index (χ0n) is 8.13. The second-order valence-electron chi connectivity index (χ2n) is 3.44. The van der Waals surface area contributed by atoms with Gasteiger partial charge >= 0.3 is 0 Å². The predicted molar refractivity (Wildman–Crippen MR) is 58.6 cm³/mol. The van der Waals surface area contributed by atoms with Crippen LogP contribution in [0, 0.1) is 0 Å². The lowest BCUT2D eigenvalue weighted by Crippen LogP contribution is -2.32. The SMILES string of the molecule is C=C.NC1CSC2(CCCCC2)O1. The van der Waals surface area contributed by atoms with E-state index in [0.29, 0.717) is 0 Å². The van der Waals surface area contributed by atoms with Crippen LogP contribution in [0.2, 0.25) is 0 Å². The van der Waals surface area contributed by atoms with Crippen molar-refractivity contribution in [2.24, 2.45) is 5.73 Å². The zero-order chi connectivity index (χ0) is 9.73. The Labute approximate surface area is 84.9 Å². The van der Waals surface area contributed by atoms with E-state index in [-0.39, 0.29) is 11.2 Å². The number of hydrogen-bond donors (Lipinski definition) is 1. The summed E-state index contributed by atoms with van der Waals surface area (Å²) >= 11 is 1.93. The second-order valence-corrected chi connectivity index (χ2v) is 4.80. The molecule has 1 spiro atoms. The van der Waals surface area contributed by atoms with Crippen molar-refractivity contribution in [2.45, 2.75) is 43.3 Å². The number of thioether (sulfide) groups is 1. The maximum atomic E-state index is 5.73. The molecular weight excluding hydrogens is 182 g/mol. The van der Waals surface area contributed by atoms with Crippen LogP contribution in [0.4, 0.5) is 0 Å². The monoisotopic (exact) mass is 201 g/mol. The fraction of sp³-hybridized carbons (Fsp3) is 0.800. The first-order chi connectivity index (χ1) is 6.31. The first-order valence-electron chi connectivity index (χ1n) is 4.88. The van der Waals surface area contributed by atoms with Crippen molar-refractivity contribution in [3.05, 3.63) is 13.2 Å². The lowest BCUT2D eigenvalue weighted by molar-refractivity contribution is -0.0246. The molecule has 3 heteroatoms. The molecule has 2 aliphatic rings. The normalized spacial score (nSPS) is 31.0. The smallest absolute Gasteiger partial charge is 0.116 e. The zero-order valence-corrected chi connectivity index (χ0v) is 8.94. The van der Waals surface area contributed by atoms with E-state index in [9.17, 15) is 0 Å². The van der Waals surface area contributed by atoms with Crippen LogP contribution in [0.15, 0.2) is 13.2 Å². The van der Waals surface area contributed by atoms with Gasteiger partial charge in [-0.05, 0) is 25.7 Å². The Bertz CT molecular complexity index is 151. The molecule has 76 valence electrons. The lowest BCUT2D eigenvalue weighted by Gasteiger charge is -2.31. The first-order valence-corrected chi connectivity index (χ1v) is 5.87. The first kappa shape index (κ1) is 11.1. The maximum absolute atomic E-state index is 5.73. The fourth-order valence-electron chi connectivity index (χ4n) is 1.93. The molecule has 1 saturated carbocycles. The van der Waals surface area contributed by atoms with Crippen molar-refractivity contribution < 1.29 is 4.74 Å². The van der Waals surface area contributed by atoms with E-state index in [1.54, 1.807) is 0 Å². The highest BCUT2D eigenvalue weighted by Gasteiger charge is 2.40. The van der Waals surface area contributed by atoms with Crippen LogP contribution in [-0.2, 0) is 4.74 Å². The average Bonchev–Trinajstić information content (AvgIpc) is 2.52. The van der Waals surface area contributed by atoms with Gasteiger partial charge in [0.2, 0.25) is 0 Å². The molecule has 0 aromatic heterocycles. The van der Waals surface area contributed by atoms with Gasteiger partial charge in [0.05, 0.1) is 0 Å². The van der Waals surface area contributed by atoms with E-state index in [4.69, 9.17) is 10.5 Å². The minimum Gasteiger partial charge on any atom is -0.346 e. The third-order valence-electron chi connectivity index (χ3n) is 2.49. The second kappa shape index (κ2) is 5.03. The van der Waals surface area contributed by atoms with Crippen molar-refractivity contribution in [3.63, 3.8) is 0 Å². The lowest BCUT2D eigenvalue weighted by atomic mass is 9.97. The van der Waals surface area contributed by atoms with Gasteiger partial charge in [-0.25, -0.2) is 0 Å². The van der Waals surface area contributed by atoms with Gasteiger partial charge in [-0.1, -0.05) is 6.42 Å². The van der Waals surface area contributed by atoms with E-state index in [0.717, 1.165) is 5.75 Å². The van der Waals surface area contributed by atoms with Crippen LogP contribution in [0.5, 0.6) is 0 Å². The van der Waals surface area contributed by atoms with Gasteiger partial charge < -0.3 is 10.5 Å². The summed E-state index contributed by atoms with van der Waals surface area (Å²) in [5.74, 6) is 0.986. The summed E-state index contributed by atoms with van der Waals surface area (Å²) in [7, 11) is 0. The molecule has 2 N–H and O–H groups in total. The van der Waals surface area contributed by atoms with Crippen LogP contribution in [-0.4, -0.2) is 16.9 Å². The summed E-state index contributed by atoms with van der Waals surface area (Å²) in [4.78, 5) is 0.137. The van der Waals surface area contributed by atoms with E-state index < -0.39 is 0 Å². The van der Waals surface area contributed by atoms with Crippen LogP contribution in [0.1, 0.15) is 32.1 Å². The van der Waals surface area contributed by atoms with Gasteiger partial charge in [-0.3, -0.25) is 0 Å². The highest BCUT2D eigenvalue weighted by atomic mass is 32.2. The Balaban J connectivity index is 0.000000396. The Kier molecular flexibility index (Phi) is 4.29. The largest absolute Gasteiger partial charge is 0.346 e. The van der Waals surface area contributed by atoms with Gasteiger partial charge in [-0.15, -0.1) is 24.9 Å². The third kappa shape index (κ3) is 2.73. The van der Waals surface area contributed by atoms with E-state index in [2.05, 4.69) is 13.2 Å². The molecule has 0 aromatic rings. The minimum absolute atomic E-state index is 0.00176. The molecule has 1 unspecified atom stereocenters. The topological polar surface area (TPSA) is 35.2 Å². The summed E-state index contributed by atoms with van der Waals surface area (Å²) in [6, 6.07) is 0. The summed E-state index contributed by atoms with van der Waals surface area (Å²) in [5.41, 5.74) is 5.70. The van der Waals surface area contributed by atoms with Crippen molar-refractivity contribution in [2.75, 3.05) is 5.75 Å². The summed E-state index contributed by atoms with van der Waals surface area (Å²) in [6.45, 7) is 6.00. The summed E-state index contributed by atoms with van der Waals surface area (Å²) in [6.07, 6.45) is 6.44. The molecule has 0 aromatic carbocycles. The number of rotatable bonds is 0. The van der Waals surface area contributed by atoms with E-state index in [1.165, 1.54) is 32.1 Å².